The number of nitrogens with one attached hydrogen (secondary N) is 1. The number of likely N-dealkylation sites (tertiary alicyclic amines) is 1. The molecule has 2 aliphatic rings. The van der Waals surface area contributed by atoms with Crippen molar-refractivity contribution in [2.45, 2.75) is 111 Å². The molecule has 1 aromatic rings. The second kappa shape index (κ2) is 11.9. The molecule has 1 saturated heterocycles. The quantitative estimate of drug-likeness (QED) is 0.518. The van der Waals surface area contributed by atoms with Gasteiger partial charge in [-0.05, 0) is 44.2 Å². The molecule has 3 atom stereocenters. The fourth-order valence-electron chi connectivity index (χ4n) is 4.92. The highest BCUT2D eigenvalue weighted by molar-refractivity contribution is 5.93. The Morgan fingerprint density at radius 2 is 1.79 bits per heavy atom. The number of Topliss-reactive ketones (excluding diaryl/α,β-unsaturated/α-hetero) is 1. The molecule has 3 rings (SSSR count). The van der Waals surface area contributed by atoms with Gasteiger partial charge in [-0.25, -0.2) is 14.0 Å². The van der Waals surface area contributed by atoms with Crippen LogP contribution >= 0.6 is 0 Å². The summed E-state index contributed by atoms with van der Waals surface area (Å²) < 4.78 is 25.3. The largest absolute Gasteiger partial charge is 0.444 e. The van der Waals surface area contributed by atoms with E-state index < -0.39 is 47.3 Å². The second-order valence-electron chi connectivity index (χ2n) is 12.5. The van der Waals surface area contributed by atoms with E-state index in [1.807, 2.05) is 27.7 Å². The van der Waals surface area contributed by atoms with Crippen molar-refractivity contribution in [2.24, 2.45) is 5.41 Å². The molecule has 2 unspecified atom stereocenters. The third-order valence-electron chi connectivity index (χ3n) is 6.92. The van der Waals surface area contributed by atoms with Gasteiger partial charge in [-0.1, -0.05) is 46.2 Å². The molecule has 3 amide bonds. The minimum absolute atomic E-state index is 0.0187. The van der Waals surface area contributed by atoms with Crippen molar-refractivity contribution in [1.82, 2.24) is 15.1 Å². The molecule has 10 heteroatoms. The lowest BCUT2D eigenvalue weighted by Crippen LogP contribution is -2.57. The molecule has 0 bridgehead atoms. The highest BCUT2D eigenvalue weighted by Crippen LogP contribution is 2.30. The molecule has 1 fully saturated rings. The molecule has 0 radical (unpaired) electrons. The third-order valence-corrected chi connectivity index (χ3v) is 6.92. The summed E-state index contributed by atoms with van der Waals surface area (Å²) in [4.78, 5) is 55.5. The van der Waals surface area contributed by atoms with Gasteiger partial charge < -0.3 is 19.7 Å². The standard InChI is InChI=1S/C29H42FN3O6/c1-8-9-13-23(34)22-14-19(38-27(37)32-15-18-11-10-12-21(30)20(18)17-32)16-33(22)25(35)24(28(2,3)4)31-26(36)39-29(5,6)7/h10-12,19,22,24H,8-9,13-17H2,1-7H3,(H,31,36)/t19-,22?,24?/m1/s1. The lowest BCUT2D eigenvalue weighted by atomic mass is 9.85. The van der Waals surface area contributed by atoms with Gasteiger partial charge in [0.05, 0.1) is 19.1 Å². The van der Waals surface area contributed by atoms with Gasteiger partial charge in [-0.2, -0.15) is 0 Å². The molecule has 2 aliphatic heterocycles. The number of rotatable bonds is 7. The molecule has 0 aromatic heterocycles. The Hall–Kier alpha value is -3.17. The molecule has 0 spiro atoms. The van der Waals surface area contributed by atoms with Crippen LogP contribution in [0.15, 0.2) is 18.2 Å². The summed E-state index contributed by atoms with van der Waals surface area (Å²) >= 11 is 0. The van der Waals surface area contributed by atoms with Gasteiger partial charge >= 0.3 is 12.2 Å². The fraction of sp³-hybridized carbons (Fsp3) is 0.655. The van der Waals surface area contributed by atoms with Crippen LogP contribution in [-0.2, 0) is 32.2 Å². The number of unbranched alkanes of at least 4 members (excludes halogenated alkanes) is 1. The zero-order valence-corrected chi connectivity index (χ0v) is 24.1. The Morgan fingerprint density at radius 1 is 1.10 bits per heavy atom. The van der Waals surface area contributed by atoms with Crippen LogP contribution in [0.4, 0.5) is 14.0 Å². The summed E-state index contributed by atoms with van der Waals surface area (Å²) in [6.45, 7) is 13.0. The van der Waals surface area contributed by atoms with Gasteiger partial charge in [0.25, 0.3) is 0 Å². The molecule has 0 saturated carbocycles. The first-order valence-corrected chi connectivity index (χ1v) is 13.6. The van der Waals surface area contributed by atoms with Gasteiger partial charge in [-0.3, -0.25) is 14.5 Å². The number of fused-ring (bicyclic) bond motifs is 1. The Balaban J connectivity index is 1.77. The van der Waals surface area contributed by atoms with Crippen molar-refractivity contribution in [2.75, 3.05) is 6.54 Å². The number of amides is 3. The van der Waals surface area contributed by atoms with Crippen LogP contribution in [0.2, 0.25) is 0 Å². The zero-order valence-electron chi connectivity index (χ0n) is 24.1. The van der Waals surface area contributed by atoms with E-state index in [1.54, 1.807) is 32.9 Å². The van der Waals surface area contributed by atoms with Crippen LogP contribution in [0.3, 0.4) is 0 Å². The van der Waals surface area contributed by atoms with Crippen LogP contribution in [0.1, 0.15) is 85.3 Å². The van der Waals surface area contributed by atoms with Crippen molar-refractivity contribution >= 4 is 23.9 Å². The van der Waals surface area contributed by atoms with E-state index in [0.717, 1.165) is 12.0 Å². The van der Waals surface area contributed by atoms with E-state index in [0.29, 0.717) is 18.4 Å². The number of ketones is 1. The average Bonchev–Trinajstić information content (AvgIpc) is 3.44. The first-order valence-electron chi connectivity index (χ1n) is 13.6. The number of carbonyl (C=O) groups is 4. The Kier molecular flexibility index (Phi) is 9.28. The van der Waals surface area contributed by atoms with Crippen LogP contribution in [0.25, 0.3) is 0 Å². The van der Waals surface area contributed by atoms with Crippen LogP contribution in [-0.4, -0.2) is 64.0 Å². The maximum Gasteiger partial charge on any atom is 0.410 e. The monoisotopic (exact) mass is 547 g/mol. The number of hydrogen-bond acceptors (Lipinski definition) is 6. The lowest BCUT2D eigenvalue weighted by Gasteiger charge is -2.35. The van der Waals surface area contributed by atoms with Crippen molar-refractivity contribution < 1.29 is 33.0 Å². The minimum Gasteiger partial charge on any atom is -0.444 e. The number of benzene rings is 1. The van der Waals surface area contributed by atoms with Crippen molar-refractivity contribution in [3.63, 3.8) is 0 Å². The summed E-state index contributed by atoms with van der Waals surface area (Å²) in [6.07, 6.45) is -0.103. The molecular weight excluding hydrogens is 505 g/mol. The molecule has 39 heavy (non-hydrogen) atoms. The van der Waals surface area contributed by atoms with E-state index in [9.17, 15) is 23.6 Å². The topological polar surface area (TPSA) is 105 Å². The summed E-state index contributed by atoms with van der Waals surface area (Å²) in [7, 11) is 0. The Morgan fingerprint density at radius 3 is 2.38 bits per heavy atom. The minimum atomic E-state index is -0.973. The van der Waals surface area contributed by atoms with Crippen LogP contribution < -0.4 is 5.32 Å². The van der Waals surface area contributed by atoms with Crippen molar-refractivity contribution in [3.8, 4) is 0 Å². The first-order chi connectivity index (χ1) is 18.1. The highest BCUT2D eigenvalue weighted by atomic mass is 19.1. The molecular formula is C29H42FN3O6. The molecule has 216 valence electrons. The van der Waals surface area contributed by atoms with E-state index in [4.69, 9.17) is 9.47 Å². The smallest absolute Gasteiger partial charge is 0.410 e. The molecule has 1 N–H and O–H groups in total. The molecule has 1 aromatic carbocycles. The van der Waals surface area contributed by atoms with Gasteiger partial charge in [0, 0.05) is 24.9 Å². The van der Waals surface area contributed by atoms with Gasteiger partial charge in [0.15, 0.2) is 5.78 Å². The predicted molar refractivity (Wildman–Crippen MR) is 143 cm³/mol. The van der Waals surface area contributed by atoms with E-state index in [-0.39, 0.29) is 37.7 Å². The van der Waals surface area contributed by atoms with Gasteiger partial charge in [-0.15, -0.1) is 0 Å². The zero-order chi connectivity index (χ0) is 29.1. The van der Waals surface area contributed by atoms with Gasteiger partial charge in [0.2, 0.25) is 5.91 Å². The molecule has 2 heterocycles. The summed E-state index contributed by atoms with van der Waals surface area (Å²) in [6, 6.07) is 2.98. The molecule has 0 aliphatic carbocycles. The average molecular weight is 548 g/mol. The van der Waals surface area contributed by atoms with E-state index >= 15 is 0 Å². The predicted octanol–water partition coefficient (Wildman–Crippen LogP) is 4.95. The number of ether oxygens (including phenoxy) is 2. The van der Waals surface area contributed by atoms with E-state index in [2.05, 4.69) is 5.32 Å². The Bertz CT molecular complexity index is 1090. The summed E-state index contributed by atoms with van der Waals surface area (Å²) in [5.41, 5.74) is -0.250. The maximum absolute atomic E-state index is 14.2. The first kappa shape index (κ1) is 30.4. The van der Waals surface area contributed by atoms with Crippen LogP contribution in [0, 0.1) is 11.2 Å². The SMILES string of the molecule is CCCCC(=O)C1C[C@@H](OC(=O)N2Cc3cccc(F)c3C2)CN1C(=O)C(NC(=O)OC(C)(C)C)C(C)(C)C. The molecule has 9 nitrogen and oxygen atoms in total. The highest BCUT2D eigenvalue weighted by Gasteiger charge is 2.46. The number of carbonyl (C=O) groups excluding carboxylic acids is 4. The van der Waals surface area contributed by atoms with Gasteiger partial charge in [0.1, 0.15) is 23.6 Å². The van der Waals surface area contributed by atoms with Crippen molar-refractivity contribution in [1.29, 1.82) is 0 Å². The number of nitrogens with zero attached hydrogens (tertiary/aromatic N) is 2. The number of hydrogen-bond donors (Lipinski definition) is 1. The summed E-state index contributed by atoms with van der Waals surface area (Å²) in [5.74, 6) is -0.908. The normalized spacial score (nSPS) is 19.9. The Labute approximate surface area is 230 Å². The summed E-state index contributed by atoms with van der Waals surface area (Å²) in [5, 5.41) is 2.69. The second-order valence-corrected chi connectivity index (χ2v) is 12.5. The van der Waals surface area contributed by atoms with Crippen molar-refractivity contribution in [3.05, 3.63) is 35.1 Å². The third kappa shape index (κ3) is 7.70. The number of alkyl carbamates (subject to hydrolysis) is 1. The lowest BCUT2D eigenvalue weighted by molar-refractivity contribution is -0.141. The maximum atomic E-state index is 14.2. The number of halogens is 1. The van der Waals surface area contributed by atoms with E-state index in [1.165, 1.54) is 15.9 Å². The van der Waals surface area contributed by atoms with Crippen LogP contribution in [0.5, 0.6) is 0 Å². The fourth-order valence-corrected chi connectivity index (χ4v) is 4.92.